The van der Waals surface area contributed by atoms with Gasteiger partial charge in [-0.05, 0) is 53.3 Å². The Kier molecular flexibility index (Phi) is 7.52. The third kappa shape index (κ3) is 4.95. The predicted molar refractivity (Wildman–Crippen MR) is 187 cm³/mol. The molecule has 8 rings (SSSR count). The van der Waals surface area contributed by atoms with Crippen LogP contribution in [0.25, 0.3) is 5.76 Å². The Morgan fingerprint density at radius 1 is 0.604 bits per heavy atom. The van der Waals surface area contributed by atoms with Gasteiger partial charge in [-0.25, -0.2) is 0 Å². The first-order valence-corrected chi connectivity index (χ1v) is 16.8. The Bertz CT molecular complexity index is 2080. The molecule has 0 saturated heterocycles. The van der Waals surface area contributed by atoms with E-state index in [9.17, 15) is 14.4 Å². The van der Waals surface area contributed by atoms with E-state index >= 15 is 0 Å². The Balaban J connectivity index is 1.32. The molecule has 5 aromatic carbocycles. The molecule has 4 heteroatoms. The normalized spacial score (nSPS) is 23.8. The van der Waals surface area contributed by atoms with E-state index in [0.717, 1.165) is 38.9 Å². The highest BCUT2D eigenvalue weighted by Crippen LogP contribution is 2.63. The van der Waals surface area contributed by atoms with E-state index in [4.69, 9.17) is 4.74 Å². The number of cyclic esters (lactones) is 1. The standard InChI is InChI=1S/C44H36O4/c1-26-22-33-34(23-27(26)2)40(41(43(46)30-18-10-5-11-19-30)35(33)24-37(45)28-14-6-3-7-15-28)39-32-21-13-12-20-31(32)36-25-38(48-44(47)42(36)39)29-16-8-4-9-17-29/h3-23,25,35-36,39-42H,24H2,1-2H3/t35-,36-,39+,40?,41+,42-/m1/s1. The van der Waals surface area contributed by atoms with Crippen LogP contribution >= 0.6 is 0 Å². The lowest BCUT2D eigenvalue weighted by atomic mass is 9.68. The minimum Gasteiger partial charge on any atom is -0.426 e. The highest BCUT2D eigenvalue weighted by atomic mass is 16.5. The second kappa shape index (κ2) is 12.0. The maximum Gasteiger partial charge on any atom is 0.315 e. The first-order chi connectivity index (χ1) is 23.4. The number of hydrogen-bond donors (Lipinski definition) is 0. The molecule has 1 aliphatic heterocycles. The summed E-state index contributed by atoms with van der Waals surface area (Å²) >= 11 is 0. The van der Waals surface area contributed by atoms with Crippen LogP contribution in [-0.2, 0) is 9.53 Å². The summed E-state index contributed by atoms with van der Waals surface area (Å²) in [6, 6.07) is 41.2. The summed E-state index contributed by atoms with van der Waals surface area (Å²) in [5, 5.41) is 0. The van der Waals surface area contributed by atoms with Crippen molar-refractivity contribution in [2.75, 3.05) is 0 Å². The summed E-state index contributed by atoms with van der Waals surface area (Å²) in [5.41, 5.74) is 8.62. The predicted octanol–water partition coefficient (Wildman–Crippen LogP) is 9.35. The van der Waals surface area contributed by atoms with Crippen molar-refractivity contribution in [1.29, 1.82) is 0 Å². The Hall–Kier alpha value is -5.35. The first kappa shape index (κ1) is 30.0. The van der Waals surface area contributed by atoms with Gasteiger partial charge in [-0.2, -0.15) is 0 Å². The summed E-state index contributed by atoms with van der Waals surface area (Å²) in [4.78, 5) is 43.2. The molecule has 3 aliphatic rings. The van der Waals surface area contributed by atoms with Gasteiger partial charge in [0.15, 0.2) is 11.6 Å². The average Bonchev–Trinajstić information content (AvgIpc) is 3.61. The lowest BCUT2D eigenvalue weighted by molar-refractivity contribution is -0.143. The van der Waals surface area contributed by atoms with E-state index in [1.54, 1.807) is 0 Å². The fourth-order valence-electron chi connectivity index (χ4n) is 8.61. The van der Waals surface area contributed by atoms with Gasteiger partial charge in [0.25, 0.3) is 0 Å². The van der Waals surface area contributed by atoms with Gasteiger partial charge in [0.2, 0.25) is 0 Å². The van der Waals surface area contributed by atoms with Gasteiger partial charge in [0.05, 0.1) is 5.92 Å². The van der Waals surface area contributed by atoms with Crippen LogP contribution in [-0.4, -0.2) is 17.5 Å². The van der Waals surface area contributed by atoms with Crippen molar-refractivity contribution in [2.45, 2.75) is 43.9 Å². The highest BCUT2D eigenvalue weighted by Gasteiger charge is 2.57. The number of hydrogen-bond acceptors (Lipinski definition) is 4. The first-order valence-electron chi connectivity index (χ1n) is 16.8. The van der Waals surface area contributed by atoms with Crippen LogP contribution in [0.2, 0.25) is 0 Å². The number of carbonyl (C=O) groups excluding carboxylic acids is 3. The molecule has 2 aliphatic carbocycles. The number of rotatable bonds is 7. The van der Waals surface area contributed by atoms with Gasteiger partial charge >= 0.3 is 5.97 Å². The van der Waals surface area contributed by atoms with Crippen LogP contribution < -0.4 is 0 Å². The molecule has 236 valence electrons. The number of allylic oxidation sites excluding steroid dienone is 1. The van der Waals surface area contributed by atoms with Crippen molar-refractivity contribution < 1.29 is 19.1 Å². The SMILES string of the molecule is Cc1cc2c(cc1C)[C@@H](CC(=O)c1ccccc1)[C@H](C(=O)c1ccccc1)C2[C@@H]1c2ccccc2[C@H]2C=C(c3ccccc3)OC(=O)[C@H]21. The van der Waals surface area contributed by atoms with Gasteiger partial charge in [-0.15, -0.1) is 0 Å². The molecular weight excluding hydrogens is 592 g/mol. The van der Waals surface area contributed by atoms with E-state index in [1.807, 2.05) is 103 Å². The molecule has 0 radical (unpaired) electrons. The van der Waals surface area contributed by atoms with Crippen molar-refractivity contribution in [3.05, 3.63) is 184 Å². The zero-order chi connectivity index (χ0) is 32.9. The van der Waals surface area contributed by atoms with E-state index in [-0.39, 0.29) is 47.6 Å². The third-order valence-electron chi connectivity index (χ3n) is 10.9. The molecule has 1 heterocycles. The van der Waals surface area contributed by atoms with E-state index in [0.29, 0.717) is 16.9 Å². The molecule has 0 amide bonds. The summed E-state index contributed by atoms with van der Waals surface area (Å²) in [7, 11) is 0. The van der Waals surface area contributed by atoms with E-state index in [2.05, 4.69) is 44.2 Å². The summed E-state index contributed by atoms with van der Waals surface area (Å²) in [6.45, 7) is 4.18. The molecular formula is C44H36O4. The minimum atomic E-state index is -0.555. The number of fused-ring (bicyclic) bond motifs is 4. The number of carbonyl (C=O) groups is 3. The summed E-state index contributed by atoms with van der Waals surface area (Å²) in [5.74, 6) is -1.97. The maximum atomic E-state index is 14.9. The van der Waals surface area contributed by atoms with E-state index in [1.165, 1.54) is 0 Å². The molecule has 0 N–H and O–H groups in total. The lowest BCUT2D eigenvalue weighted by Crippen LogP contribution is -2.34. The summed E-state index contributed by atoms with van der Waals surface area (Å²) < 4.78 is 6.15. The fourth-order valence-corrected chi connectivity index (χ4v) is 8.61. The van der Waals surface area contributed by atoms with Crippen molar-refractivity contribution in [3.8, 4) is 0 Å². The maximum absolute atomic E-state index is 14.9. The zero-order valence-corrected chi connectivity index (χ0v) is 27.0. The molecule has 0 saturated carbocycles. The van der Waals surface area contributed by atoms with E-state index < -0.39 is 11.8 Å². The van der Waals surface area contributed by atoms with Crippen LogP contribution in [0.1, 0.15) is 89.8 Å². The zero-order valence-electron chi connectivity index (χ0n) is 27.0. The Morgan fingerprint density at radius 3 is 1.83 bits per heavy atom. The second-order valence-electron chi connectivity index (χ2n) is 13.5. The molecule has 0 aromatic heterocycles. The van der Waals surface area contributed by atoms with Crippen LogP contribution in [0.3, 0.4) is 0 Å². The molecule has 1 unspecified atom stereocenters. The van der Waals surface area contributed by atoms with Crippen LogP contribution in [0.5, 0.6) is 0 Å². The number of aryl methyl sites for hydroxylation is 2. The molecule has 0 fully saturated rings. The molecule has 5 aromatic rings. The Labute approximate surface area is 281 Å². The number of benzene rings is 5. The van der Waals surface area contributed by atoms with Crippen molar-refractivity contribution in [2.24, 2.45) is 11.8 Å². The van der Waals surface area contributed by atoms with Gasteiger partial charge in [0.1, 0.15) is 5.76 Å². The largest absolute Gasteiger partial charge is 0.426 e. The number of Topliss-reactive ketones (excluding diaryl/α,β-unsaturated/α-hetero) is 2. The molecule has 48 heavy (non-hydrogen) atoms. The number of ether oxygens (including phenoxy) is 1. The number of esters is 1. The average molecular weight is 629 g/mol. The van der Waals surface area contributed by atoms with Gasteiger partial charge < -0.3 is 4.74 Å². The smallest absolute Gasteiger partial charge is 0.315 e. The molecule has 0 spiro atoms. The molecule has 0 bridgehead atoms. The number of ketones is 2. The molecule has 6 atom stereocenters. The van der Waals surface area contributed by atoms with Crippen molar-refractivity contribution >= 4 is 23.3 Å². The highest BCUT2D eigenvalue weighted by molar-refractivity contribution is 6.02. The topological polar surface area (TPSA) is 60.4 Å². The second-order valence-corrected chi connectivity index (χ2v) is 13.5. The molecule has 4 nitrogen and oxygen atoms in total. The van der Waals surface area contributed by atoms with Gasteiger partial charge in [-0.1, -0.05) is 127 Å². The fraction of sp³-hybridized carbons (Fsp3) is 0.205. The third-order valence-corrected chi connectivity index (χ3v) is 10.9. The monoisotopic (exact) mass is 628 g/mol. The summed E-state index contributed by atoms with van der Waals surface area (Å²) in [6.07, 6.45) is 2.30. The minimum absolute atomic E-state index is 0.00333. The quantitative estimate of drug-likeness (QED) is 0.133. The lowest BCUT2D eigenvalue weighted by Gasteiger charge is -2.34. The van der Waals surface area contributed by atoms with Crippen molar-refractivity contribution in [1.82, 2.24) is 0 Å². The van der Waals surface area contributed by atoms with Gasteiger partial charge in [-0.3, -0.25) is 14.4 Å². The van der Waals surface area contributed by atoms with Crippen LogP contribution in [0.4, 0.5) is 0 Å². The van der Waals surface area contributed by atoms with Crippen molar-refractivity contribution in [3.63, 3.8) is 0 Å². The Morgan fingerprint density at radius 2 is 1.17 bits per heavy atom. The van der Waals surface area contributed by atoms with Gasteiger partial charge in [0, 0.05) is 52.7 Å². The van der Waals surface area contributed by atoms with Crippen LogP contribution in [0.15, 0.2) is 133 Å². The van der Waals surface area contributed by atoms with Crippen LogP contribution in [0, 0.1) is 25.7 Å².